The largest absolute Gasteiger partial charge is 0.504 e. The highest BCUT2D eigenvalue weighted by Gasteiger charge is 2.21. The lowest BCUT2D eigenvalue weighted by Gasteiger charge is -2.18. The summed E-state index contributed by atoms with van der Waals surface area (Å²) < 4.78 is 20.9. The van der Waals surface area contributed by atoms with Gasteiger partial charge in [0.1, 0.15) is 5.76 Å². The van der Waals surface area contributed by atoms with Crippen molar-refractivity contribution in [1.29, 1.82) is 0 Å². The Balaban J connectivity index is 0.00000117. The molecule has 1 aromatic rings. The number of rotatable bonds is 5. The van der Waals surface area contributed by atoms with E-state index in [1.807, 2.05) is 13.8 Å². The van der Waals surface area contributed by atoms with Crippen molar-refractivity contribution in [2.45, 2.75) is 26.4 Å². The van der Waals surface area contributed by atoms with Crippen LogP contribution in [0.4, 0.5) is 0 Å². The van der Waals surface area contributed by atoms with Crippen molar-refractivity contribution in [2.24, 2.45) is 0 Å². The second kappa shape index (κ2) is 9.10. The monoisotopic (exact) mass is 360 g/mol. The third-order valence-electron chi connectivity index (χ3n) is 3.85. The Hall–Kier alpha value is -2.73. The highest BCUT2D eigenvalue weighted by molar-refractivity contribution is 6.09. The number of hydrogen-bond acceptors (Lipinski definition) is 6. The van der Waals surface area contributed by atoms with Crippen molar-refractivity contribution in [2.75, 3.05) is 21.0 Å². The number of phenols is 1. The van der Waals surface area contributed by atoms with E-state index in [9.17, 15) is 9.90 Å². The number of carbonyl (C=O) groups is 1. The first-order valence-electron chi connectivity index (χ1n) is 8.46. The van der Waals surface area contributed by atoms with Gasteiger partial charge in [0, 0.05) is 7.11 Å². The van der Waals surface area contributed by atoms with Crippen molar-refractivity contribution < 1.29 is 28.8 Å². The van der Waals surface area contributed by atoms with Crippen LogP contribution in [0.15, 0.2) is 41.7 Å². The Kier molecular flexibility index (Phi) is 6.86. The van der Waals surface area contributed by atoms with E-state index in [1.54, 1.807) is 31.4 Å². The van der Waals surface area contributed by atoms with Gasteiger partial charge in [-0.3, -0.25) is 4.79 Å². The molecule has 6 heteroatoms. The van der Waals surface area contributed by atoms with Crippen LogP contribution in [0.2, 0.25) is 0 Å². The predicted octanol–water partition coefficient (Wildman–Crippen LogP) is 3.60. The molecule has 2 aliphatic rings. The molecular formula is C20H24O6. The summed E-state index contributed by atoms with van der Waals surface area (Å²) in [7, 11) is 3.13. The van der Waals surface area contributed by atoms with Crippen molar-refractivity contribution in [3.63, 3.8) is 0 Å². The van der Waals surface area contributed by atoms with Crippen LogP contribution in [0.5, 0.6) is 17.2 Å². The van der Waals surface area contributed by atoms with E-state index in [0.717, 1.165) is 0 Å². The lowest BCUT2D eigenvalue weighted by atomic mass is 9.98. The lowest BCUT2D eigenvalue weighted by Crippen LogP contribution is -2.16. The second-order valence-electron chi connectivity index (χ2n) is 5.33. The van der Waals surface area contributed by atoms with Gasteiger partial charge in [0.05, 0.1) is 18.8 Å². The van der Waals surface area contributed by atoms with E-state index in [0.29, 0.717) is 34.8 Å². The van der Waals surface area contributed by atoms with Gasteiger partial charge >= 0.3 is 0 Å². The highest BCUT2D eigenvalue weighted by atomic mass is 16.7. The first-order chi connectivity index (χ1) is 12.6. The molecule has 26 heavy (non-hydrogen) atoms. The molecule has 0 saturated heterocycles. The zero-order valence-corrected chi connectivity index (χ0v) is 15.4. The molecule has 0 bridgehead atoms. The standard InChI is InChI=1S/C18H18O6.C2H6/c1-21-12-4-5-13(16(9-12)22-2)14(19)6-3-11-7-15(20)18-17(8-11)23-10-24-18;1-2/h3,5-9,12,20H,4,10H2,1-2H3;1-2H3/b6-3+;. The molecule has 1 aliphatic carbocycles. The molecule has 1 N–H and O–H groups in total. The van der Waals surface area contributed by atoms with E-state index in [-0.39, 0.29) is 24.4 Å². The second-order valence-corrected chi connectivity index (χ2v) is 5.33. The molecule has 1 aromatic carbocycles. The number of ketones is 1. The van der Waals surface area contributed by atoms with Crippen LogP contribution in [-0.4, -0.2) is 38.0 Å². The molecule has 3 rings (SSSR count). The molecule has 0 fully saturated rings. The minimum absolute atomic E-state index is 0.0191. The van der Waals surface area contributed by atoms with Gasteiger partial charge in [0.15, 0.2) is 17.3 Å². The summed E-state index contributed by atoms with van der Waals surface area (Å²) in [5, 5.41) is 9.88. The SMILES string of the molecule is CC.COC1=CC(OC)CC=C1C(=O)/C=C/c1cc(O)c2c(c1)OCO2. The molecule has 1 heterocycles. The number of phenolic OH excluding ortho intramolecular Hbond substituents is 1. The Morgan fingerprint density at radius 3 is 2.73 bits per heavy atom. The summed E-state index contributed by atoms with van der Waals surface area (Å²) in [6.45, 7) is 4.07. The van der Waals surface area contributed by atoms with Crippen LogP contribution < -0.4 is 9.47 Å². The van der Waals surface area contributed by atoms with Crippen LogP contribution in [0, 0.1) is 0 Å². The fraction of sp³-hybridized carbons (Fsp3) is 0.350. The number of fused-ring (bicyclic) bond motifs is 1. The normalized spacial score (nSPS) is 17.9. The average molecular weight is 360 g/mol. The smallest absolute Gasteiger partial charge is 0.231 e. The van der Waals surface area contributed by atoms with Crippen LogP contribution in [0.25, 0.3) is 6.08 Å². The molecule has 1 atom stereocenters. The molecule has 1 unspecified atom stereocenters. The van der Waals surface area contributed by atoms with Crippen LogP contribution in [0.3, 0.4) is 0 Å². The summed E-state index contributed by atoms with van der Waals surface area (Å²) in [4.78, 5) is 12.4. The number of aromatic hydroxyl groups is 1. The van der Waals surface area contributed by atoms with Gasteiger partial charge < -0.3 is 24.1 Å². The molecule has 6 nitrogen and oxygen atoms in total. The minimum Gasteiger partial charge on any atom is -0.504 e. The van der Waals surface area contributed by atoms with Crippen molar-refractivity contribution in [3.05, 3.63) is 47.3 Å². The molecular weight excluding hydrogens is 336 g/mol. The zero-order valence-electron chi connectivity index (χ0n) is 15.4. The number of methoxy groups -OCH3 is 2. The Labute approximate surface area is 153 Å². The molecule has 0 radical (unpaired) electrons. The summed E-state index contributed by atoms with van der Waals surface area (Å²) in [6, 6.07) is 3.22. The van der Waals surface area contributed by atoms with E-state index >= 15 is 0 Å². The van der Waals surface area contributed by atoms with Crippen LogP contribution in [-0.2, 0) is 14.3 Å². The van der Waals surface area contributed by atoms with Gasteiger partial charge in [-0.2, -0.15) is 0 Å². The van der Waals surface area contributed by atoms with Crippen LogP contribution in [0.1, 0.15) is 25.8 Å². The minimum atomic E-state index is -0.185. The first kappa shape index (κ1) is 19.6. The number of ether oxygens (including phenoxy) is 4. The Morgan fingerprint density at radius 2 is 2.04 bits per heavy atom. The molecule has 140 valence electrons. The van der Waals surface area contributed by atoms with Crippen molar-refractivity contribution >= 4 is 11.9 Å². The predicted molar refractivity (Wildman–Crippen MR) is 98.2 cm³/mol. The number of hydrogen-bond donors (Lipinski definition) is 1. The molecule has 0 aromatic heterocycles. The summed E-state index contributed by atoms with van der Waals surface area (Å²) in [5.41, 5.74) is 1.13. The molecule has 0 spiro atoms. The van der Waals surface area contributed by atoms with Crippen molar-refractivity contribution in [3.8, 4) is 17.2 Å². The zero-order chi connectivity index (χ0) is 19.1. The third kappa shape index (κ3) is 4.26. The van der Waals surface area contributed by atoms with E-state index < -0.39 is 0 Å². The maximum atomic E-state index is 12.4. The highest BCUT2D eigenvalue weighted by Crippen LogP contribution is 2.41. The molecule has 1 aliphatic heterocycles. The fourth-order valence-electron chi connectivity index (χ4n) is 2.60. The third-order valence-corrected chi connectivity index (χ3v) is 3.85. The van der Waals surface area contributed by atoms with Gasteiger partial charge in [-0.1, -0.05) is 26.0 Å². The van der Waals surface area contributed by atoms with E-state index in [2.05, 4.69) is 0 Å². The Morgan fingerprint density at radius 1 is 1.27 bits per heavy atom. The Bertz CT molecular complexity index is 745. The lowest BCUT2D eigenvalue weighted by molar-refractivity contribution is -0.111. The topological polar surface area (TPSA) is 74.2 Å². The van der Waals surface area contributed by atoms with Gasteiger partial charge in [0.25, 0.3) is 0 Å². The van der Waals surface area contributed by atoms with Gasteiger partial charge in [-0.15, -0.1) is 0 Å². The van der Waals surface area contributed by atoms with E-state index in [1.165, 1.54) is 19.3 Å². The van der Waals surface area contributed by atoms with Crippen molar-refractivity contribution in [1.82, 2.24) is 0 Å². The fourth-order valence-corrected chi connectivity index (χ4v) is 2.60. The average Bonchev–Trinajstić information content (AvgIpc) is 3.16. The quantitative estimate of drug-likeness (QED) is 0.809. The van der Waals surface area contributed by atoms with Gasteiger partial charge in [-0.05, 0) is 36.3 Å². The first-order valence-corrected chi connectivity index (χ1v) is 8.46. The molecule has 0 amide bonds. The summed E-state index contributed by atoms with van der Waals surface area (Å²) >= 11 is 0. The van der Waals surface area contributed by atoms with Crippen LogP contribution >= 0.6 is 0 Å². The number of allylic oxidation sites excluding steroid dienone is 2. The summed E-state index contributed by atoms with van der Waals surface area (Å²) in [6.07, 6.45) is 7.16. The number of carbonyl (C=O) groups excluding carboxylic acids is 1. The van der Waals surface area contributed by atoms with Gasteiger partial charge in [0.2, 0.25) is 12.5 Å². The van der Waals surface area contributed by atoms with E-state index in [4.69, 9.17) is 18.9 Å². The summed E-state index contributed by atoms with van der Waals surface area (Å²) in [5.74, 6) is 1.07. The maximum absolute atomic E-state index is 12.4. The van der Waals surface area contributed by atoms with Gasteiger partial charge in [-0.25, -0.2) is 0 Å². The number of benzene rings is 1. The molecule has 0 saturated carbocycles. The maximum Gasteiger partial charge on any atom is 0.231 e.